The van der Waals surface area contributed by atoms with Crippen molar-refractivity contribution in [1.29, 1.82) is 0 Å². The van der Waals surface area contributed by atoms with Gasteiger partial charge in [-0.25, -0.2) is 9.37 Å². The van der Waals surface area contributed by atoms with Crippen LogP contribution in [0.3, 0.4) is 0 Å². The zero-order valence-corrected chi connectivity index (χ0v) is 19.0. The molecule has 0 spiro atoms. The van der Waals surface area contributed by atoms with E-state index in [9.17, 15) is 18.0 Å². The maximum Gasteiger partial charge on any atom is 0.425 e. The summed E-state index contributed by atoms with van der Waals surface area (Å²) in [6, 6.07) is 6.89. The van der Waals surface area contributed by atoms with Crippen LogP contribution < -0.4 is 10.1 Å². The average Bonchev–Trinajstić information content (AvgIpc) is 3.62. The van der Waals surface area contributed by atoms with Gasteiger partial charge in [-0.1, -0.05) is 17.7 Å². The van der Waals surface area contributed by atoms with Crippen LogP contribution in [0.15, 0.2) is 42.7 Å². The molecular formula is C24H20ClF4N3O2. The summed E-state index contributed by atoms with van der Waals surface area (Å²) in [5.41, 5.74) is 1.45. The van der Waals surface area contributed by atoms with Crippen LogP contribution in [0.25, 0.3) is 11.3 Å². The van der Waals surface area contributed by atoms with E-state index in [1.54, 1.807) is 25.3 Å². The summed E-state index contributed by atoms with van der Waals surface area (Å²) in [6.07, 6.45) is -1.76. The van der Waals surface area contributed by atoms with E-state index in [1.165, 1.54) is 6.20 Å². The Labute approximate surface area is 198 Å². The molecule has 0 aliphatic heterocycles. The molecule has 0 radical (unpaired) electrons. The summed E-state index contributed by atoms with van der Waals surface area (Å²) >= 11 is 6.03. The highest BCUT2D eigenvalue weighted by atomic mass is 35.5. The van der Waals surface area contributed by atoms with Gasteiger partial charge in [0.25, 0.3) is 5.91 Å². The summed E-state index contributed by atoms with van der Waals surface area (Å²) in [5.74, 6) is -1.74. The van der Waals surface area contributed by atoms with Gasteiger partial charge in [0.1, 0.15) is 11.6 Å². The van der Waals surface area contributed by atoms with Crippen LogP contribution in [0.4, 0.5) is 23.2 Å². The summed E-state index contributed by atoms with van der Waals surface area (Å²) in [5, 5.41) is 2.47. The van der Waals surface area contributed by atoms with E-state index in [4.69, 9.17) is 16.3 Å². The van der Waals surface area contributed by atoms with Crippen molar-refractivity contribution in [2.45, 2.75) is 44.9 Å². The summed E-state index contributed by atoms with van der Waals surface area (Å²) in [4.78, 5) is 21.1. The molecule has 178 valence electrons. The van der Waals surface area contributed by atoms with Crippen molar-refractivity contribution in [3.63, 3.8) is 0 Å². The van der Waals surface area contributed by atoms with Gasteiger partial charge in [-0.2, -0.15) is 13.2 Å². The van der Waals surface area contributed by atoms with Gasteiger partial charge in [-0.05, 0) is 68.0 Å². The van der Waals surface area contributed by atoms with Gasteiger partial charge in [-0.3, -0.25) is 9.78 Å². The van der Waals surface area contributed by atoms with E-state index in [0.29, 0.717) is 11.5 Å². The smallest absolute Gasteiger partial charge is 0.425 e. The molecule has 2 heterocycles. The Bertz CT molecular complexity index is 1210. The molecule has 0 unspecified atom stereocenters. The average molecular weight is 494 g/mol. The number of aryl methyl sites for hydroxylation is 1. The Hall–Kier alpha value is -3.20. The van der Waals surface area contributed by atoms with Crippen LogP contribution in [-0.4, -0.2) is 28.2 Å². The number of carbonyl (C=O) groups is 1. The molecule has 0 bridgehead atoms. The van der Waals surface area contributed by atoms with E-state index in [1.807, 2.05) is 6.07 Å². The molecular weight excluding hydrogens is 474 g/mol. The summed E-state index contributed by atoms with van der Waals surface area (Å²) < 4.78 is 59.8. The highest BCUT2D eigenvalue weighted by Gasteiger charge is 2.39. The number of hydrogen-bond donors (Lipinski definition) is 1. The minimum Gasteiger partial charge on any atom is -0.480 e. The van der Waals surface area contributed by atoms with Crippen molar-refractivity contribution in [3.05, 3.63) is 70.4 Å². The van der Waals surface area contributed by atoms with E-state index in [2.05, 4.69) is 15.3 Å². The molecule has 4 rings (SSSR count). The molecule has 10 heteroatoms. The van der Waals surface area contributed by atoms with Gasteiger partial charge < -0.3 is 10.1 Å². The summed E-state index contributed by atoms with van der Waals surface area (Å²) in [6.45, 7) is 2.46. The first-order valence-corrected chi connectivity index (χ1v) is 10.9. The third-order valence-electron chi connectivity index (χ3n) is 5.54. The molecule has 1 fully saturated rings. The molecule has 0 saturated heterocycles. The lowest BCUT2D eigenvalue weighted by Gasteiger charge is -2.21. The number of halogens is 5. The zero-order chi connectivity index (χ0) is 24.6. The standard InChI is InChI=1S/C24H20ClF4N3O2/c1-12-7-8-30-22(25)21(12)32-23(33)17-9-18(26)16(10-20(17)34-13(2)24(27,28)29)19-6-5-15(11-31-19)14-3-4-14/h5-11,13-14H,3-4H2,1-2H3,(H,32,33)/t13-/m0/s1. The molecule has 3 aromatic rings. The predicted molar refractivity (Wildman–Crippen MR) is 120 cm³/mol. The number of pyridine rings is 2. The minimum atomic E-state index is -4.70. The van der Waals surface area contributed by atoms with Gasteiger partial charge >= 0.3 is 6.18 Å². The number of carbonyl (C=O) groups excluding carboxylic acids is 1. The molecule has 1 aromatic carbocycles. The number of amides is 1. The highest BCUT2D eigenvalue weighted by molar-refractivity contribution is 6.33. The van der Waals surface area contributed by atoms with Crippen molar-refractivity contribution in [3.8, 4) is 17.0 Å². The SMILES string of the molecule is Cc1ccnc(Cl)c1NC(=O)c1cc(F)c(-c2ccc(C3CC3)cn2)cc1O[C@@H](C)C(F)(F)F. The zero-order valence-electron chi connectivity index (χ0n) is 18.2. The number of ether oxygens (including phenoxy) is 1. The van der Waals surface area contributed by atoms with Crippen LogP contribution in [-0.2, 0) is 0 Å². The molecule has 1 N–H and O–H groups in total. The maximum absolute atomic E-state index is 15.1. The molecule has 1 aliphatic rings. The van der Waals surface area contributed by atoms with E-state index >= 15 is 4.39 Å². The Balaban J connectivity index is 1.73. The second-order valence-electron chi connectivity index (χ2n) is 8.13. The van der Waals surface area contributed by atoms with Gasteiger partial charge in [-0.15, -0.1) is 0 Å². The largest absolute Gasteiger partial charge is 0.480 e. The number of benzene rings is 1. The molecule has 1 atom stereocenters. The van der Waals surface area contributed by atoms with Gasteiger partial charge in [0.2, 0.25) is 0 Å². The Morgan fingerprint density at radius 3 is 2.53 bits per heavy atom. The topological polar surface area (TPSA) is 64.1 Å². The normalized spacial score (nSPS) is 14.6. The fourth-order valence-electron chi connectivity index (χ4n) is 3.36. The number of alkyl halides is 3. The molecule has 34 heavy (non-hydrogen) atoms. The van der Waals surface area contributed by atoms with E-state index in [-0.39, 0.29) is 22.1 Å². The monoisotopic (exact) mass is 493 g/mol. The van der Waals surface area contributed by atoms with Crippen molar-refractivity contribution >= 4 is 23.2 Å². The van der Waals surface area contributed by atoms with Crippen molar-refractivity contribution in [2.75, 3.05) is 5.32 Å². The van der Waals surface area contributed by atoms with E-state index in [0.717, 1.165) is 37.5 Å². The lowest BCUT2D eigenvalue weighted by atomic mass is 10.0. The molecule has 1 amide bonds. The third kappa shape index (κ3) is 5.14. The number of nitrogens with zero attached hydrogens (tertiary/aromatic N) is 2. The maximum atomic E-state index is 15.1. The van der Waals surface area contributed by atoms with Crippen LogP contribution in [0.5, 0.6) is 5.75 Å². The molecule has 5 nitrogen and oxygen atoms in total. The first-order chi connectivity index (χ1) is 16.0. The number of hydrogen-bond acceptors (Lipinski definition) is 4. The van der Waals surface area contributed by atoms with Crippen LogP contribution in [0.2, 0.25) is 5.15 Å². The fraction of sp³-hybridized carbons (Fsp3) is 0.292. The lowest BCUT2D eigenvalue weighted by molar-refractivity contribution is -0.189. The highest BCUT2D eigenvalue weighted by Crippen LogP contribution is 2.40. The first-order valence-electron chi connectivity index (χ1n) is 10.5. The fourth-order valence-corrected chi connectivity index (χ4v) is 3.61. The van der Waals surface area contributed by atoms with Crippen molar-refractivity contribution < 1.29 is 27.1 Å². The van der Waals surface area contributed by atoms with Crippen molar-refractivity contribution in [1.82, 2.24) is 9.97 Å². The lowest BCUT2D eigenvalue weighted by Crippen LogP contribution is -2.32. The third-order valence-corrected chi connectivity index (χ3v) is 5.83. The molecule has 1 saturated carbocycles. The van der Waals surface area contributed by atoms with Crippen LogP contribution in [0.1, 0.15) is 47.2 Å². The van der Waals surface area contributed by atoms with Crippen LogP contribution in [0, 0.1) is 12.7 Å². The minimum absolute atomic E-state index is 0.0171. The molecule has 1 aliphatic carbocycles. The van der Waals surface area contributed by atoms with Gasteiger partial charge in [0.05, 0.1) is 16.9 Å². The van der Waals surface area contributed by atoms with Gasteiger partial charge in [0, 0.05) is 18.0 Å². The van der Waals surface area contributed by atoms with Gasteiger partial charge in [0.15, 0.2) is 11.3 Å². The second kappa shape index (κ2) is 9.21. The Morgan fingerprint density at radius 2 is 1.94 bits per heavy atom. The summed E-state index contributed by atoms with van der Waals surface area (Å²) in [7, 11) is 0. The number of aromatic nitrogens is 2. The Kier molecular flexibility index (Phi) is 6.49. The number of anilines is 1. The second-order valence-corrected chi connectivity index (χ2v) is 8.49. The van der Waals surface area contributed by atoms with E-state index < -0.39 is 35.3 Å². The number of rotatable bonds is 6. The predicted octanol–water partition coefficient (Wildman–Crippen LogP) is 6.70. The quantitative estimate of drug-likeness (QED) is 0.306. The number of nitrogens with one attached hydrogen (secondary N) is 1. The van der Waals surface area contributed by atoms with Crippen LogP contribution >= 0.6 is 11.6 Å². The van der Waals surface area contributed by atoms with Crippen molar-refractivity contribution in [2.24, 2.45) is 0 Å². The molecule has 2 aromatic heterocycles. The first kappa shape index (κ1) is 23.9. The Morgan fingerprint density at radius 1 is 1.21 bits per heavy atom.